The lowest BCUT2D eigenvalue weighted by Gasteiger charge is -2.23. The quantitative estimate of drug-likeness (QED) is 0.309. The molecule has 2 aliphatic heterocycles. The van der Waals surface area contributed by atoms with Crippen molar-refractivity contribution < 1.29 is 33.5 Å². The van der Waals surface area contributed by atoms with Gasteiger partial charge in [0.15, 0.2) is 0 Å². The summed E-state index contributed by atoms with van der Waals surface area (Å²) < 4.78 is 5.93. The fourth-order valence-electron chi connectivity index (χ4n) is 5.92. The number of carbonyl (C=O) groups excluding carboxylic acids is 6. The lowest BCUT2D eigenvalue weighted by molar-refractivity contribution is -0.130. The van der Waals surface area contributed by atoms with Gasteiger partial charge in [-0.15, -0.1) is 0 Å². The van der Waals surface area contributed by atoms with Gasteiger partial charge < -0.3 is 36.2 Å². The Morgan fingerprint density at radius 3 is 2.42 bits per heavy atom. The summed E-state index contributed by atoms with van der Waals surface area (Å²) in [5.74, 6) is -1.77. The van der Waals surface area contributed by atoms with Crippen molar-refractivity contribution in [3.05, 3.63) is 65.2 Å². The second-order valence-corrected chi connectivity index (χ2v) is 13.3. The normalized spacial score (nSPS) is 21.9. The predicted octanol–water partition coefficient (Wildman–Crippen LogP) is 2.33. The molecule has 0 spiro atoms. The minimum absolute atomic E-state index is 0.0287. The molecule has 2 aromatic carbocycles. The smallest absolute Gasteiger partial charge is 0.255 e. The molecule has 3 atom stereocenters. The maximum Gasteiger partial charge on any atom is 0.255 e. The van der Waals surface area contributed by atoms with Gasteiger partial charge >= 0.3 is 0 Å². The molecule has 13 heteroatoms. The van der Waals surface area contributed by atoms with Crippen LogP contribution in [0.25, 0.3) is 0 Å². The van der Waals surface area contributed by atoms with Gasteiger partial charge in [0.05, 0.1) is 11.6 Å². The summed E-state index contributed by atoms with van der Waals surface area (Å²) in [7, 11) is 0. The molecule has 2 aromatic rings. The second kappa shape index (κ2) is 18.7. The Bertz CT molecular complexity index is 1530. The highest BCUT2D eigenvalue weighted by Gasteiger charge is 2.27. The van der Waals surface area contributed by atoms with Crippen LogP contribution in [0.4, 0.5) is 0 Å². The van der Waals surface area contributed by atoms with Crippen LogP contribution in [0.15, 0.2) is 48.5 Å². The molecule has 2 aliphatic rings. The number of amides is 6. The first-order chi connectivity index (χ1) is 24.0. The molecule has 0 aliphatic carbocycles. The number of rotatable bonds is 6. The number of hydrogen-bond acceptors (Lipinski definition) is 7. The van der Waals surface area contributed by atoms with Crippen molar-refractivity contribution in [3.8, 4) is 5.75 Å². The highest BCUT2D eigenvalue weighted by molar-refractivity contribution is 5.99. The maximum absolute atomic E-state index is 13.6. The van der Waals surface area contributed by atoms with Crippen LogP contribution in [0, 0.1) is 5.92 Å². The Kier molecular flexibility index (Phi) is 14.2. The van der Waals surface area contributed by atoms with E-state index in [-0.39, 0.29) is 73.4 Å². The third-order valence-electron chi connectivity index (χ3n) is 8.71. The standard InChI is InChI=1S/C37H50N6O7/c1-24(2)34-37(49)38-18-7-6-14-31(44)40-25(3)23-50-30-13-5-4-12-28(30)35(47)41-29(16-17-32(45)42-34)36(48)39-21-26-10-8-11-27(20-26)22-43-19-9-15-33(43)46/h4-5,8,10-13,20,24-25,29,34H,6-7,9,14-19,21-23H2,1-3H3,(H,38,49)(H,39,48)(H,40,44)(H,41,47)(H,42,45)/t25-,29-,34+/m0/s1. The van der Waals surface area contributed by atoms with Crippen LogP contribution in [0.5, 0.6) is 5.75 Å². The zero-order valence-electron chi connectivity index (χ0n) is 29.2. The van der Waals surface area contributed by atoms with Gasteiger partial charge in [0.25, 0.3) is 5.91 Å². The first-order valence-electron chi connectivity index (χ1n) is 17.5. The molecule has 1 saturated heterocycles. The molecule has 5 N–H and O–H groups in total. The number of fused-ring (bicyclic) bond motifs is 1. The van der Waals surface area contributed by atoms with E-state index >= 15 is 0 Å². The Labute approximate surface area is 293 Å². The predicted molar refractivity (Wildman–Crippen MR) is 187 cm³/mol. The molecule has 0 saturated carbocycles. The zero-order chi connectivity index (χ0) is 36.0. The van der Waals surface area contributed by atoms with E-state index in [0.717, 1.165) is 24.1 Å². The monoisotopic (exact) mass is 690 g/mol. The highest BCUT2D eigenvalue weighted by Crippen LogP contribution is 2.19. The fraction of sp³-hybridized carbons (Fsp3) is 0.514. The lowest BCUT2D eigenvalue weighted by atomic mass is 10.0. The largest absolute Gasteiger partial charge is 0.491 e. The van der Waals surface area contributed by atoms with Gasteiger partial charge in [-0.25, -0.2) is 0 Å². The molecule has 0 radical (unpaired) electrons. The van der Waals surface area contributed by atoms with Crippen LogP contribution in [0.3, 0.4) is 0 Å². The van der Waals surface area contributed by atoms with Crippen LogP contribution in [0.2, 0.25) is 0 Å². The van der Waals surface area contributed by atoms with E-state index in [4.69, 9.17) is 4.74 Å². The van der Waals surface area contributed by atoms with E-state index in [9.17, 15) is 28.8 Å². The maximum atomic E-state index is 13.6. The van der Waals surface area contributed by atoms with Crippen LogP contribution >= 0.6 is 0 Å². The average molecular weight is 691 g/mol. The minimum Gasteiger partial charge on any atom is -0.491 e. The third-order valence-corrected chi connectivity index (χ3v) is 8.71. The zero-order valence-corrected chi connectivity index (χ0v) is 29.2. The van der Waals surface area contributed by atoms with E-state index in [2.05, 4.69) is 26.6 Å². The second-order valence-electron chi connectivity index (χ2n) is 13.3. The van der Waals surface area contributed by atoms with Crippen molar-refractivity contribution in [1.29, 1.82) is 0 Å². The van der Waals surface area contributed by atoms with E-state index in [1.165, 1.54) is 0 Å². The number of carbonyl (C=O) groups is 6. The van der Waals surface area contributed by atoms with Crippen LogP contribution in [-0.4, -0.2) is 78.2 Å². The van der Waals surface area contributed by atoms with Gasteiger partial charge in [0.1, 0.15) is 24.4 Å². The molecule has 2 heterocycles. The molecule has 0 unspecified atom stereocenters. The molecule has 1 fully saturated rings. The Morgan fingerprint density at radius 1 is 0.900 bits per heavy atom. The molecule has 270 valence electrons. The number of hydrogen-bond donors (Lipinski definition) is 5. The SMILES string of the molecule is CC(C)[C@H]1NC(=O)CC[C@@H](C(=O)NCc2cccc(CN3CCCC3=O)c2)NC(=O)c2ccccc2OC[C@H](C)NC(=O)CCCCNC1=O. The molecule has 0 bridgehead atoms. The van der Waals surface area contributed by atoms with Crippen LogP contribution in [-0.2, 0) is 37.1 Å². The summed E-state index contributed by atoms with van der Waals surface area (Å²) in [5.41, 5.74) is 1.96. The number of nitrogens with zero attached hydrogens (tertiary/aromatic N) is 1. The fourth-order valence-corrected chi connectivity index (χ4v) is 5.92. The molecule has 6 amide bonds. The highest BCUT2D eigenvalue weighted by atomic mass is 16.5. The first-order valence-corrected chi connectivity index (χ1v) is 17.5. The topological polar surface area (TPSA) is 175 Å². The van der Waals surface area contributed by atoms with Gasteiger partial charge in [0.2, 0.25) is 29.5 Å². The number of para-hydroxylation sites is 1. The van der Waals surface area contributed by atoms with Crippen molar-refractivity contribution >= 4 is 35.4 Å². The lowest BCUT2D eigenvalue weighted by Crippen LogP contribution is -2.51. The minimum atomic E-state index is -1.09. The van der Waals surface area contributed by atoms with E-state index in [1.807, 2.05) is 43.0 Å². The van der Waals surface area contributed by atoms with Gasteiger partial charge in [0, 0.05) is 45.4 Å². The van der Waals surface area contributed by atoms with Crippen LogP contribution < -0.4 is 31.3 Å². The molecular formula is C37H50N6O7. The number of nitrogens with one attached hydrogen (secondary N) is 5. The van der Waals surface area contributed by atoms with Crippen LogP contribution in [0.1, 0.15) is 87.2 Å². The van der Waals surface area contributed by atoms with Gasteiger partial charge in [-0.1, -0.05) is 50.2 Å². The molecular weight excluding hydrogens is 640 g/mol. The number of ether oxygens (including phenoxy) is 1. The van der Waals surface area contributed by atoms with Gasteiger partial charge in [-0.2, -0.15) is 0 Å². The summed E-state index contributed by atoms with van der Waals surface area (Å²) in [5, 5.41) is 14.2. The molecule has 13 nitrogen and oxygen atoms in total. The van der Waals surface area contributed by atoms with Crippen molar-refractivity contribution in [1.82, 2.24) is 31.5 Å². The molecule has 0 aromatic heterocycles. The van der Waals surface area contributed by atoms with E-state index in [0.29, 0.717) is 32.4 Å². The Balaban J connectivity index is 1.51. The van der Waals surface area contributed by atoms with Crippen molar-refractivity contribution in [2.45, 2.75) is 96.9 Å². The molecule has 50 heavy (non-hydrogen) atoms. The Morgan fingerprint density at radius 2 is 1.66 bits per heavy atom. The third kappa shape index (κ3) is 11.6. The summed E-state index contributed by atoms with van der Waals surface area (Å²) in [6.45, 7) is 7.30. The summed E-state index contributed by atoms with van der Waals surface area (Å²) in [6.07, 6.45) is 2.67. The average Bonchev–Trinajstić information content (AvgIpc) is 3.49. The summed E-state index contributed by atoms with van der Waals surface area (Å²) in [4.78, 5) is 79.7. The van der Waals surface area contributed by atoms with Gasteiger partial charge in [-0.05, 0) is 61.8 Å². The molecule has 4 rings (SSSR count). The van der Waals surface area contributed by atoms with E-state index in [1.54, 1.807) is 31.2 Å². The van der Waals surface area contributed by atoms with Crippen molar-refractivity contribution in [3.63, 3.8) is 0 Å². The van der Waals surface area contributed by atoms with E-state index < -0.39 is 29.8 Å². The summed E-state index contributed by atoms with van der Waals surface area (Å²) in [6, 6.07) is 12.0. The van der Waals surface area contributed by atoms with Gasteiger partial charge in [-0.3, -0.25) is 28.8 Å². The number of benzene rings is 2. The van der Waals surface area contributed by atoms with Crippen molar-refractivity contribution in [2.75, 3.05) is 19.7 Å². The number of likely N-dealkylation sites (tertiary alicyclic amines) is 1. The summed E-state index contributed by atoms with van der Waals surface area (Å²) >= 11 is 0. The Hall–Kier alpha value is -4.94. The van der Waals surface area contributed by atoms with Crippen molar-refractivity contribution in [2.24, 2.45) is 5.92 Å². The first kappa shape index (κ1) is 37.9.